The summed E-state index contributed by atoms with van der Waals surface area (Å²) in [6, 6.07) is 2.72. The molecule has 3 atom stereocenters. The van der Waals surface area contributed by atoms with Crippen molar-refractivity contribution in [3.63, 3.8) is 0 Å². The number of aromatic nitrogens is 1. The van der Waals surface area contributed by atoms with E-state index >= 15 is 0 Å². The van der Waals surface area contributed by atoms with E-state index in [0.717, 1.165) is 10.8 Å². The summed E-state index contributed by atoms with van der Waals surface area (Å²) < 4.78 is 20.9. The number of carboxylic acids is 1. The van der Waals surface area contributed by atoms with Crippen molar-refractivity contribution in [3.8, 4) is 0 Å². The maximum atomic E-state index is 10.9. The van der Waals surface area contributed by atoms with Crippen LogP contribution in [0.3, 0.4) is 0 Å². The number of aliphatic hydroxyl groups is 2. The Bertz CT molecular complexity index is 575. The number of hydrogen-bond acceptors (Lipinski definition) is 6. The van der Waals surface area contributed by atoms with Gasteiger partial charge in [0.25, 0.3) is 6.23 Å². The zero-order valence-corrected chi connectivity index (χ0v) is 13.1. The maximum absolute atomic E-state index is 10.9. The molecule has 23 heavy (non-hydrogen) atoms. The van der Waals surface area contributed by atoms with Crippen LogP contribution in [-0.2, 0) is 13.8 Å². The largest absolute Gasteiger partial charge is 0.477 e. The fourth-order valence-corrected chi connectivity index (χ4v) is 2.15. The summed E-state index contributed by atoms with van der Waals surface area (Å²) in [5.74, 6) is -1.19. The second-order valence-corrected chi connectivity index (χ2v) is 5.95. The zero-order chi connectivity index (χ0) is 17.6. The number of nitrogens with zero attached hydrogens (tertiary/aromatic N) is 1. The van der Waals surface area contributed by atoms with Crippen molar-refractivity contribution in [2.24, 2.45) is 0 Å². The standard InChI is InChI=1S/C12H18NO9P/c1-21-9(7-22-23(18,19)20)5-10(14)11(15)13-4-2-3-8(6-13)12(16)17/h2-4,6,9-11,14-15H,5,7H2,1H3,(H2-,16,17,18,19,20)/p+1/t9-,10-,11-/m0/s1. The van der Waals surface area contributed by atoms with Gasteiger partial charge in [0, 0.05) is 19.6 Å². The second kappa shape index (κ2) is 8.46. The average molecular weight is 352 g/mol. The van der Waals surface area contributed by atoms with E-state index in [1.54, 1.807) is 0 Å². The molecule has 0 saturated carbocycles. The number of rotatable bonds is 9. The molecule has 0 saturated heterocycles. The van der Waals surface area contributed by atoms with Gasteiger partial charge in [-0.2, -0.15) is 4.57 Å². The highest BCUT2D eigenvalue weighted by Crippen LogP contribution is 2.36. The van der Waals surface area contributed by atoms with Gasteiger partial charge in [0.15, 0.2) is 12.4 Å². The van der Waals surface area contributed by atoms with E-state index in [9.17, 15) is 19.6 Å². The molecule has 0 fully saturated rings. The van der Waals surface area contributed by atoms with E-state index in [0.29, 0.717) is 0 Å². The number of phosphoric acid groups is 1. The van der Waals surface area contributed by atoms with Crippen LogP contribution < -0.4 is 4.57 Å². The van der Waals surface area contributed by atoms with Crippen molar-refractivity contribution in [2.45, 2.75) is 24.9 Å². The predicted octanol–water partition coefficient (Wildman–Crippen LogP) is -0.962. The van der Waals surface area contributed by atoms with Gasteiger partial charge in [-0.05, 0) is 6.07 Å². The lowest BCUT2D eigenvalue weighted by molar-refractivity contribution is -0.768. The van der Waals surface area contributed by atoms with Crippen LogP contribution in [0.25, 0.3) is 0 Å². The molecule has 1 aromatic heterocycles. The van der Waals surface area contributed by atoms with Gasteiger partial charge in [-0.3, -0.25) is 4.52 Å². The van der Waals surface area contributed by atoms with Crippen LogP contribution in [0, 0.1) is 0 Å². The third-order valence-electron chi connectivity index (χ3n) is 2.99. The first-order valence-electron chi connectivity index (χ1n) is 6.47. The minimum absolute atomic E-state index is 0.0770. The monoisotopic (exact) mass is 352 g/mol. The minimum Gasteiger partial charge on any atom is -0.477 e. The summed E-state index contributed by atoms with van der Waals surface area (Å²) in [6.07, 6.45) is -1.41. The summed E-state index contributed by atoms with van der Waals surface area (Å²) in [7, 11) is -3.42. The van der Waals surface area contributed by atoms with Crippen molar-refractivity contribution in [2.75, 3.05) is 13.7 Å². The Morgan fingerprint density at radius 3 is 2.57 bits per heavy atom. The number of hydrogen-bond donors (Lipinski definition) is 5. The highest BCUT2D eigenvalue weighted by molar-refractivity contribution is 7.46. The number of phosphoric ester groups is 1. The summed E-state index contributed by atoms with van der Waals surface area (Å²) in [5, 5.41) is 28.9. The van der Waals surface area contributed by atoms with Crippen LogP contribution in [0.4, 0.5) is 0 Å². The van der Waals surface area contributed by atoms with Crippen LogP contribution in [0.5, 0.6) is 0 Å². The molecular formula is C12H19NO9P+. The van der Waals surface area contributed by atoms with Crippen molar-refractivity contribution in [3.05, 3.63) is 30.1 Å². The zero-order valence-electron chi connectivity index (χ0n) is 12.2. The molecule has 1 rings (SSSR count). The molecule has 11 heteroatoms. The molecule has 0 aromatic carbocycles. The first-order chi connectivity index (χ1) is 10.6. The van der Waals surface area contributed by atoms with E-state index in [1.807, 2.05) is 0 Å². The lowest BCUT2D eigenvalue weighted by Gasteiger charge is -2.20. The van der Waals surface area contributed by atoms with Crippen molar-refractivity contribution in [1.29, 1.82) is 0 Å². The van der Waals surface area contributed by atoms with E-state index in [2.05, 4.69) is 4.52 Å². The molecule has 0 aliphatic rings. The van der Waals surface area contributed by atoms with E-state index in [-0.39, 0.29) is 12.0 Å². The molecule has 1 heterocycles. The third kappa shape index (κ3) is 6.71. The van der Waals surface area contributed by atoms with Crippen molar-refractivity contribution >= 4 is 13.8 Å². The molecule has 5 N–H and O–H groups in total. The van der Waals surface area contributed by atoms with Gasteiger partial charge in [-0.15, -0.1) is 0 Å². The van der Waals surface area contributed by atoms with Crippen molar-refractivity contribution < 1.29 is 48.3 Å². The lowest BCUT2D eigenvalue weighted by Crippen LogP contribution is -2.47. The van der Waals surface area contributed by atoms with Crippen LogP contribution in [-0.4, -0.2) is 57.0 Å². The Morgan fingerprint density at radius 1 is 1.39 bits per heavy atom. The maximum Gasteiger partial charge on any atom is 0.469 e. The van der Waals surface area contributed by atoms with E-state index in [1.165, 1.54) is 25.4 Å². The summed E-state index contributed by atoms with van der Waals surface area (Å²) in [4.78, 5) is 28.1. The smallest absolute Gasteiger partial charge is 0.469 e. The molecule has 130 valence electrons. The van der Waals surface area contributed by atoms with E-state index < -0.39 is 38.8 Å². The highest BCUT2D eigenvalue weighted by atomic mass is 31.2. The summed E-state index contributed by atoms with van der Waals surface area (Å²) in [6.45, 7) is -0.482. The fraction of sp³-hybridized carbons (Fsp3) is 0.500. The molecule has 0 spiro atoms. The second-order valence-electron chi connectivity index (χ2n) is 4.71. The number of aliphatic hydroxyl groups excluding tert-OH is 2. The first kappa shape index (κ1) is 19.7. The number of ether oxygens (including phenoxy) is 1. The summed E-state index contributed by atoms with van der Waals surface area (Å²) in [5.41, 5.74) is -0.0770. The fourth-order valence-electron chi connectivity index (χ4n) is 1.79. The van der Waals surface area contributed by atoms with Crippen LogP contribution in [0.2, 0.25) is 0 Å². The topological polar surface area (TPSA) is 158 Å². The Morgan fingerprint density at radius 2 is 2.04 bits per heavy atom. The first-order valence-corrected chi connectivity index (χ1v) is 8.00. The minimum atomic E-state index is -4.67. The van der Waals surface area contributed by atoms with E-state index in [4.69, 9.17) is 19.6 Å². The lowest BCUT2D eigenvalue weighted by atomic mass is 10.1. The molecule has 0 radical (unpaired) electrons. The van der Waals surface area contributed by atoms with Crippen molar-refractivity contribution in [1.82, 2.24) is 0 Å². The quantitative estimate of drug-likeness (QED) is 0.279. The predicted molar refractivity (Wildman–Crippen MR) is 74.3 cm³/mol. The van der Waals surface area contributed by atoms with Gasteiger partial charge in [-0.1, -0.05) is 0 Å². The van der Waals surface area contributed by atoms with Crippen LogP contribution in [0.1, 0.15) is 23.0 Å². The van der Waals surface area contributed by atoms with Gasteiger partial charge in [0.2, 0.25) is 0 Å². The Labute approximate surface area is 131 Å². The molecular weight excluding hydrogens is 333 g/mol. The number of carboxylic acid groups (broad SMARTS) is 1. The van der Waals surface area contributed by atoms with Crippen LogP contribution >= 0.6 is 7.82 Å². The van der Waals surface area contributed by atoms with Gasteiger partial charge in [-0.25, -0.2) is 9.36 Å². The molecule has 0 unspecified atom stereocenters. The Kier molecular flexibility index (Phi) is 7.23. The molecule has 10 nitrogen and oxygen atoms in total. The Hall–Kier alpha value is -1.39. The third-order valence-corrected chi connectivity index (χ3v) is 3.47. The molecule has 0 aliphatic heterocycles. The summed E-state index contributed by atoms with van der Waals surface area (Å²) >= 11 is 0. The number of pyridine rings is 1. The van der Waals surface area contributed by atoms with Gasteiger partial charge in [0.1, 0.15) is 11.7 Å². The number of methoxy groups -OCH3 is 1. The molecule has 0 bridgehead atoms. The number of carbonyl (C=O) groups is 1. The molecule has 1 aromatic rings. The van der Waals surface area contributed by atoms with Gasteiger partial charge >= 0.3 is 13.8 Å². The SMILES string of the molecule is CO[C@H](COP(=O)(O)O)C[C@H](O)[C@H](O)[n+]1cccc(C(=O)O)c1. The highest BCUT2D eigenvalue weighted by Gasteiger charge is 2.30. The molecule has 0 amide bonds. The molecule has 0 aliphatic carbocycles. The van der Waals surface area contributed by atoms with Gasteiger partial charge < -0.3 is 29.8 Å². The Balaban J connectivity index is 2.71. The number of aromatic carboxylic acids is 1. The van der Waals surface area contributed by atoms with Gasteiger partial charge in [0.05, 0.1) is 12.7 Å². The average Bonchev–Trinajstić information content (AvgIpc) is 2.49. The van der Waals surface area contributed by atoms with Crippen LogP contribution in [0.15, 0.2) is 24.5 Å². The normalized spacial score (nSPS) is 15.9.